The monoisotopic (exact) mass is 636 g/mol. The smallest absolute Gasteiger partial charge is 0.335 e. The molecule has 0 aliphatic rings. The molecule has 0 aliphatic heterocycles. The van der Waals surface area contributed by atoms with Crippen LogP contribution in [0.5, 0.6) is 0 Å². The Labute approximate surface area is 279 Å². The highest BCUT2D eigenvalue weighted by Crippen LogP contribution is 2.30. The molecule has 0 amide bonds. The first kappa shape index (κ1) is 33.5. The molecule has 6 aromatic rings. The summed E-state index contributed by atoms with van der Waals surface area (Å²) < 4.78 is 0. The number of carbonyl (C=O) groups is 2. The summed E-state index contributed by atoms with van der Waals surface area (Å²) >= 11 is 0. The minimum absolute atomic E-state index is 0.165. The summed E-state index contributed by atoms with van der Waals surface area (Å²) in [5, 5.41) is 40.0. The quantitative estimate of drug-likeness (QED) is 0.133. The van der Waals surface area contributed by atoms with Gasteiger partial charge in [-0.2, -0.15) is 0 Å². The summed E-state index contributed by atoms with van der Waals surface area (Å²) in [6, 6.07) is 44.2. The molecule has 2 atom stereocenters. The number of carboxylic acid groups (broad SMARTS) is 2. The average molecular weight is 637 g/mol. The van der Waals surface area contributed by atoms with E-state index in [1.54, 1.807) is 12.1 Å². The number of carboxylic acids is 2. The lowest BCUT2D eigenvalue weighted by Crippen LogP contribution is -2.04. The first-order valence-corrected chi connectivity index (χ1v) is 15.5. The van der Waals surface area contributed by atoms with Crippen LogP contribution in [0.25, 0.3) is 22.3 Å². The second-order valence-electron chi connectivity index (χ2n) is 11.7. The molecule has 2 unspecified atom stereocenters. The minimum atomic E-state index is -1.01. The van der Waals surface area contributed by atoms with Crippen LogP contribution in [0.1, 0.15) is 66.3 Å². The highest BCUT2D eigenvalue weighted by atomic mass is 16.4. The molecule has 0 saturated carbocycles. The van der Waals surface area contributed by atoms with Gasteiger partial charge in [0.05, 0.1) is 11.1 Å². The van der Waals surface area contributed by atoms with E-state index in [4.69, 9.17) is 0 Å². The van der Waals surface area contributed by atoms with E-state index >= 15 is 0 Å². The van der Waals surface area contributed by atoms with Crippen molar-refractivity contribution in [3.8, 4) is 22.3 Å². The first-order valence-electron chi connectivity index (χ1n) is 15.5. The van der Waals surface area contributed by atoms with Crippen LogP contribution >= 0.6 is 0 Å². The average Bonchev–Trinajstić information content (AvgIpc) is 3.12. The van der Waals surface area contributed by atoms with Crippen LogP contribution in [0.4, 0.5) is 0 Å². The van der Waals surface area contributed by atoms with Crippen molar-refractivity contribution in [1.82, 2.24) is 0 Å². The zero-order chi connectivity index (χ0) is 34.2. The lowest BCUT2D eigenvalue weighted by atomic mass is 9.94. The number of aliphatic hydroxyl groups is 2. The van der Waals surface area contributed by atoms with Crippen LogP contribution in [0.2, 0.25) is 0 Å². The summed E-state index contributed by atoms with van der Waals surface area (Å²) in [5.41, 5.74) is 8.60. The van der Waals surface area contributed by atoms with E-state index in [1.165, 1.54) is 12.1 Å². The summed E-state index contributed by atoms with van der Waals surface area (Å²) in [6.07, 6.45) is -1.73. The molecule has 0 aliphatic carbocycles. The second-order valence-corrected chi connectivity index (χ2v) is 11.7. The van der Waals surface area contributed by atoms with E-state index in [1.807, 2.05) is 135 Å². The van der Waals surface area contributed by atoms with Gasteiger partial charge in [0.15, 0.2) is 0 Å². The predicted molar refractivity (Wildman–Crippen MR) is 188 cm³/mol. The van der Waals surface area contributed by atoms with E-state index in [0.29, 0.717) is 11.1 Å². The van der Waals surface area contributed by atoms with Crippen LogP contribution in [-0.2, 0) is 0 Å². The fraction of sp³-hybridized carbons (Fsp3) is 0.0952. The Morgan fingerprint density at radius 3 is 1.06 bits per heavy atom. The first-order chi connectivity index (χ1) is 23.1. The van der Waals surface area contributed by atoms with Gasteiger partial charge in [-0.25, -0.2) is 9.59 Å². The standard InChI is InChI=1S/2C21H18O3/c2*1-14-7-9-15(10-8-14)17-11-18(13-19(12-17)21(23)24)20(22)16-5-3-2-4-6-16/h2*2-13,20,22H,1H3,(H,23,24). The number of aryl methyl sites for hydroxylation is 2. The number of aliphatic hydroxyl groups excluding tert-OH is 2. The van der Waals surface area contributed by atoms with Crippen LogP contribution in [0.3, 0.4) is 0 Å². The summed E-state index contributed by atoms with van der Waals surface area (Å²) in [6.45, 7) is 4.00. The largest absolute Gasteiger partial charge is 0.478 e. The zero-order valence-corrected chi connectivity index (χ0v) is 26.6. The molecule has 0 aromatic heterocycles. The molecule has 6 nitrogen and oxygen atoms in total. The van der Waals surface area contributed by atoms with Crippen molar-refractivity contribution in [3.63, 3.8) is 0 Å². The highest BCUT2D eigenvalue weighted by Gasteiger charge is 2.17. The normalized spacial score (nSPS) is 11.9. The molecule has 0 fully saturated rings. The van der Waals surface area contributed by atoms with Crippen molar-refractivity contribution in [3.05, 3.63) is 190 Å². The van der Waals surface area contributed by atoms with Gasteiger partial charge in [0.1, 0.15) is 12.2 Å². The fourth-order valence-electron chi connectivity index (χ4n) is 5.35. The Morgan fingerprint density at radius 2 is 0.750 bits per heavy atom. The Hall–Kier alpha value is -5.82. The number of hydrogen-bond acceptors (Lipinski definition) is 4. The predicted octanol–water partition coefficient (Wildman–Crippen LogP) is 8.88. The third-order valence-corrected chi connectivity index (χ3v) is 8.04. The SMILES string of the molecule is Cc1ccc(-c2cc(C(=O)O)cc(C(O)c3ccccc3)c2)cc1.Cc1ccc(-c2cc(C(=O)O)cc(C(O)c3ccccc3)c2)cc1. The van der Waals surface area contributed by atoms with Crippen molar-refractivity contribution in [1.29, 1.82) is 0 Å². The van der Waals surface area contributed by atoms with Crippen molar-refractivity contribution >= 4 is 11.9 Å². The molecule has 4 N–H and O–H groups in total. The number of aromatic carboxylic acids is 2. The molecular formula is C42H36O6. The number of benzene rings is 6. The van der Waals surface area contributed by atoms with E-state index in [2.05, 4.69) is 0 Å². The van der Waals surface area contributed by atoms with Gasteiger partial charge in [-0.15, -0.1) is 0 Å². The molecule has 0 bridgehead atoms. The molecule has 6 heteroatoms. The van der Waals surface area contributed by atoms with E-state index in [-0.39, 0.29) is 11.1 Å². The molecule has 0 spiro atoms. The van der Waals surface area contributed by atoms with Crippen LogP contribution in [0, 0.1) is 13.8 Å². The van der Waals surface area contributed by atoms with Gasteiger partial charge in [-0.05, 0) is 94.8 Å². The topological polar surface area (TPSA) is 115 Å². The van der Waals surface area contributed by atoms with E-state index in [9.17, 15) is 30.0 Å². The lowest BCUT2D eigenvalue weighted by Gasteiger charge is -2.14. The van der Waals surface area contributed by atoms with Crippen LogP contribution in [-0.4, -0.2) is 32.4 Å². The van der Waals surface area contributed by atoms with Crippen molar-refractivity contribution in [2.45, 2.75) is 26.1 Å². The van der Waals surface area contributed by atoms with E-state index in [0.717, 1.165) is 44.5 Å². The van der Waals surface area contributed by atoms with Crippen molar-refractivity contribution in [2.75, 3.05) is 0 Å². The number of hydrogen-bond donors (Lipinski definition) is 4. The fourth-order valence-corrected chi connectivity index (χ4v) is 5.35. The van der Waals surface area contributed by atoms with E-state index < -0.39 is 24.1 Å². The third-order valence-electron chi connectivity index (χ3n) is 8.04. The van der Waals surface area contributed by atoms with Gasteiger partial charge in [0.2, 0.25) is 0 Å². The lowest BCUT2D eigenvalue weighted by molar-refractivity contribution is 0.0685. The third kappa shape index (κ3) is 8.30. The van der Waals surface area contributed by atoms with Gasteiger partial charge in [0.25, 0.3) is 0 Å². The zero-order valence-electron chi connectivity index (χ0n) is 26.6. The van der Waals surface area contributed by atoms with Gasteiger partial charge in [0, 0.05) is 0 Å². The number of rotatable bonds is 8. The summed E-state index contributed by atoms with van der Waals surface area (Å²) in [5.74, 6) is -2.02. The molecule has 6 rings (SSSR count). The highest BCUT2D eigenvalue weighted by molar-refractivity contribution is 5.90. The molecule has 48 heavy (non-hydrogen) atoms. The second kappa shape index (κ2) is 15.2. The van der Waals surface area contributed by atoms with Gasteiger partial charge < -0.3 is 20.4 Å². The molecule has 0 saturated heterocycles. The maximum absolute atomic E-state index is 11.5. The molecule has 0 radical (unpaired) electrons. The van der Waals surface area contributed by atoms with Gasteiger partial charge >= 0.3 is 11.9 Å². The molecule has 6 aromatic carbocycles. The Balaban J connectivity index is 0.000000188. The van der Waals surface area contributed by atoms with Gasteiger partial charge in [-0.1, -0.05) is 120 Å². The Kier molecular flexibility index (Phi) is 10.6. The summed E-state index contributed by atoms with van der Waals surface area (Å²) in [4.78, 5) is 22.9. The van der Waals surface area contributed by atoms with Crippen LogP contribution in [0.15, 0.2) is 146 Å². The minimum Gasteiger partial charge on any atom is -0.478 e. The van der Waals surface area contributed by atoms with Crippen molar-refractivity contribution < 1.29 is 30.0 Å². The van der Waals surface area contributed by atoms with Crippen molar-refractivity contribution in [2.24, 2.45) is 0 Å². The van der Waals surface area contributed by atoms with Crippen LogP contribution < -0.4 is 0 Å². The summed E-state index contributed by atoms with van der Waals surface area (Å²) in [7, 11) is 0. The molecule has 240 valence electrons. The Bertz CT molecular complexity index is 1850. The Morgan fingerprint density at radius 1 is 0.417 bits per heavy atom. The molecule has 0 heterocycles. The molecular weight excluding hydrogens is 600 g/mol. The maximum atomic E-state index is 11.5. The maximum Gasteiger partial charge on any atom is 0.335 e. The van der Waals surface area contributed by atoms with Gasteiger partial charge in [-0.3, -0.25) is 0 Å².